The molecule has 0 bridgehead atoms. The number of nitrogens with zero attached hydrogens (tertiary/aromatic N) is 4. The smallest absolute Gasteiger partial charge is 0.234 e. The third-order valence-electron chi connectivity index (χ3n) is 5.38. The van der Waals surface area contributed by atoms with Crippen LogP contribution in [0.4, 0.5) is 15.8 Å². The average molecular weight is 460 g/mol. The zero-order chi connectivity index (χ0) is 23.3. The van der Waals surface area contributed by atoms with Gasteiger partial charge in [0.1, 0.15) is 22.7 Å². The molecule has 168 valence electrons. The maximum absolute atomic E-state index is 14.8. The Hall–Kier alpha value is -3.38. The molecule has 0 amide bonds. The van der Waals surface area contributed by atoms with Crippen molar-refractivity contribution in [3.63, 3.8) is 0 Å². The number of hydrogen-bond donors (Lipinski definition) is 3. The molecule has 0 aliphatic carbocycles. The molecule has 0 unspecified atom stereocenters. The average Bonchev–Trinajstić information content (AvgIpc) is 2.73. The maximum Gasteiger partial charge on any atom is 0.234 e. The number of halogens is 1. The van der Waals surface area contributed by atoms with Crippen molar-refractivity contribution in [3.05, 3.63) is 48.0 Å². The molecule has 32 heavy (non-hydrogen) atoms. The van der Waals surface area contributed by atoms with Crippen molar-refractivity contribution >= 4 is 38.2 Å². The number of hydrogen-bond acceptors (Lipinski definition) is 10. The van der Waals surface area contributed by atoms with E-state index < -0.39 is 37.7 Å². The Bertz CT molecular complexity index is 1360. The fraction of sp³-hybridized carbons (Fsp3) is 0.300. The first-order chi connectivity index (χ1) is 15.0. The van der Waals surface area contributed by atoms with Gasteiger partial charge < -0.3 is 20.9 Å². The second-order valence-corrected chi connectivity index (χ2v) is 10.1. The van der Waals surface area contributed by atoms with Gasteiger partial charge in [-0.15, -0.1) is 0 Å². The number of amidine groups is 1. The normalized spacial score (nSPS) is 24.7. The van der Waals surface area contributed by atoms with E-state index in [1.54, 1.807) is 6.07 Å². The van der Waals surface area contributed by atoms with Crippen LogP contribution < -0.4 is 15.8 Å². The summed E-state index contributed by atoms with van der Waals surface area (Å²) in [5.41, 5.74) is 6.05. The fourth-order valence-corrected chi connectivity index (χ4v) is 5.09. The summed E-state index contributed by atoms with van der Waals surface area (Å²) in [4.78, 5) is 14.6. The number of methoxy groups -OCH3 is 1. The summed E-state index contributed by atoms with van der Waals surface area (Å²) in [7, 11) is -2.64. The predicted molar refractivity (Wildman–Crippen MR) is 117 cm³/mol. The van der Waals surface area contributed by atoms with Crippen LogP contribution >= 0.6 is 0 Å². The second-order valence-electron chi connectivity index (χ2n) is 7.78. The van der Waals surface area contributed by atoms with E-state index in [2.05, 4.69) is 25.3 Å². The number of aliphatic hydroxyl groups is 1. The van der Waals surface area contributed by atoms with Crippen molar-refractivity contribution in [2.75, 3.05) is 18.2 Å². The van der Waals surface area contributed by atoms with Crippen LogP contribution in [-0.2, 0) is 15.4 Å². The van der Waals surface area contributed by atoms with Gasteiger partial charge in [-0.25, -0.2) is 22.8 Å². The molecule has 0 fully saturated rings. The number of benzene rings is 1. The Balaban J connectivity index is 1.77. The number of pyridine rings is 1. The van der Waals surface area contributed by atoms with Gasteiger partial charge in [-0.3, -0.25) is 4.99 Å². The van der Waals surface area contributed by atoms with Crippen molar-refractivity contribution in [1.82, 2.24) is 15.0 Å². The van der Waals surface area contributed by atoms with E-state index in [-0.39, 0.29) is 5.56 Å². The molecular weight excluding hydrogens is 439 g/mol. The van der Waals surface area contributed by atoms with Gasteiger partial charge in [0.15, 0.2) is 15.5 Å². The largest absolute Gasteiger partial charge is 0.480 e. The lowest BCUT2D eigenvalue weighted by Crippen LogP contribution is -2.56. The number of nitrogens with two attached hydrogens (primary N) is 1. The van der Waals surface area contributed by atoms with Crippen LogP contribution in [-0.4, -0.2) is 52.1 Å². The SMILES string of the molecule is COc1cnc2c(Nc3ccc(F)c([C@]4(C)CS(=O)(=O)[C@@](C)(O)C(N)=N4)c3)ccnc2n1. The molecule has 1 aromatic carbocycles. The molecule has 1 aliphatic rings. The van der Waals surface area contributed by atoms with Gasteiger partial charge in [-0.2, -0.15) is 4.98 Å². The number of aromatic nitrogens is 3. The van der Waals surface area contributed by atoms with Crippen molar-refractivity contribution in [2.24, 2.45) is 10.7 Å². The first-order valence-electron chi connectivity index (χ1n) is 9.50. The van der Waals surface area contributed by atoms with Gasteiger partial charge >= 0.3 is 0 Å². The molecule has 12 heteroatoms. The van der Waals surface area contributed by atoms with Crippen LogP contribution in [0.3, 0.4) is 0 Å². The first kappa shape index (κ1) is 21.8. The summed E-state index contributed by atoms with van der Waals surface area (Å²) in [5, 5.41) is 13.4. The second kappa shape index (κ2) is 7.35. The van der Waals surface area contributed by atoms with E-state index in [0.717, 1.165) is 6.92 Å². The van der Waals surface area contributed by atoms with Gasteiger partial charge in [0.2, 0.25) is 10.8 Å². The highest BCUT2D eigenvalue weighted by atomic mass is 32.2. The Morgan fingerprint density at radius 2 is 2.00 bits per heavy atom. The zero-order valence-electron chi connectivity index (χ0n) is 17.5. The van der Waals surface area contributed by atoms with E-state index in [4.69, 9.17) is 10.5 Å². The van der Waals surface area contributed by atoms with Gasteiger partial charge in [0.05, 0.1) is 24.7 Å². The minimum atomic E-state index is -4.12. The minimum Gasteiger partial charge on any atom is -0.480 e. The van der Waals surface area contributed by atoms with Gasteiger partial charge in [0, 0.05) is 17.4 Å². The van der Waals surface area contributed by atoms with Crippen molar-refractivity contribution < 1.29 is 22.7 Å². The van der Waals surface area contributed by atoms with Gasteiger partial charge in [-0.05, 0) is 38.1 Å². The van der Waals surface area contributed by atoms with Crippen molar-refractivity contribution in [1.29, 1.82) is 0 Å². The van der Waals surface area contributed by atoms with E-state index in [1.165, 1.54) is 44.6 Å². The van der Waals surface area contributed by atoms with E-state index >= 15 is 0 Å². The Morgan fingerprint density at radius 1 is 1.25 bits per heavy atom. The van der Waals surface area contributed by atoms with Crippen LogP contribution in [0.1, 0.15) is 19.4 Å². The number of anilines is 2. The van der Waals surface area contributed by atoms with E-state index in [9.17, 15) is 17.9 Å². The fourth-order valence-electron chi connectivity index (χ4n) is 3.49. The summed E-state index contributed by atoms with van der Waals surface area (Å²) in [6, 6.07) is 5.82. The summed E-state index contributed by atoms with van der Waals surface area (Å²) in [5.74, 6) is -1.45. The molecule has 1 aliphatic heterocycles. The van der Waals surface area contributed by atoms with Gasteiger partial charge in [0.25, 0.3) is 0 Å². The highest BCUT2D eigenvalue weighted by Crippen LogP contribution is 2.38. The topological polar surface area (TPSA) is 153 Å². The molecular formula is C20H21FN6O4S. The number of sulfone groups is 1. The zero-order valence-corrected chi connectivity index (χ0v) is 18.3. The van der Waals surface area contributed by atoms with Crippen LogP contribution in [0.2, 0.25) is 0 Å². The highest BCUT2D eigenvalue weighted by molar-refractivity contribution is 7.93. The van der Waals surface area contributed by atoms with Crippen LogP contribution in [0.5, 0.6) is 5.88 Å². The minimum absolute atomic E-state index is 0.00985. The molecule has 10 nitrogen and oxygen atoms in total. The van der Waals surface area contributed by atoms with Gasteiger partial charge in [-0.1, -0.05) is 0 Å². The third-order valence-corrected chi connectivity index (χ3v) is 7.74. The molecule has 2 atom stereocenters. The van der Waals surface area contributed by atoms with Crippen LogP contribution in [0.15, 0.2) is 41.7 Å². The summed E-state index contributed by atoms with van der Waals surface area (Å²) >= 11 is 0. The highest BCUT2D eigenvalue weighted by Gasteiger charge is 2.51. The Labute approximate surface area is 183 Å². The third kappa shape index (κ3) is 3.50. The molecule has 4 N–H and O–H groups in total. The lowest BCUT2D eigenvalue weighted by Gasteiger charge is -2.37. The summed E-state index contributed by atoms with van der Waals surface area (Å²) in [6.45, 7) is 2.51. The molecule has 3 aromatic rings. The number of aliphatic imine (C=N–C) groups is 1. The number of ether oxygens (including phenoxy) is 1. The molecule has 2 aromatic heterocycles. The standard InChI is InChI=1S/C20H21FN6O4S/c1-19(10-32(29,30)20(2,28)18(22)27-19)12-8-11(4-5-13(12)21)25-14-6-7-23-17-16(14)24-9-15(26-17)31-3/h4-9,28H,10H2,1-3H3,(H2,22,27)(H,23,25,26)/t19-,20+/m0/s1. The number of nitrogens with one attached hydrogen (secondary N) is 1. The molecule has 0 radical (unpaired) electrons. The van der Waals surface area contributed by atoms with Crippen molar-refractivity contribution in [2.45, 2.75) is 24.3 Å². The lowest BCUT2D eigenvalue weighted by atomic mass is 9.93. The Kier molecular flexibility index (Phi) is 5.01. The monoisotopic (exact) mass is 460 g/mol. The summed E-state index contributed by atoms with van der Waals surface area (Å²) < 4.78 is 45.1. The molecule has 0 saturated heterocycles. The predicted octanol–water partition coefficient (Wildman–Crippen LogP) is 1.63. The quantitative estimate of drug-likeness (QED) is 0.527. The number of fused-ring (bicyclic) bond motifs is 1. The molecule has 0 saturated carbocycles. The Morgan fingerprint density at radius 3 is 2.69 bits per heavy atom. The molecule has 3 heterocycles. The van der Waals surface area contributed by atoms with E-state index in [0.29, 0.717) is 28.4 Å². The molecule has 0 spiro atoms. The van der Waals surface area contributed by atoms with Crippen molar-refractivity contribution in [3.8, 4) is 5.88 Å². The van der Waals surface area contributed by atoms with Crippen LogP contribution in [0, 0.1) is 5.82 Å². The number of rotatable bonds is 4. The summed E-state index contributed by atoms with van der Waals surface area (Å²) in [6.07, 6.45) is 2.98. The first-order valence-corrected chi connectivity index (χ1v) is 11.2. The maximum atomic E-state index is 14.8. The lowest BCUT2D eigenvalue weighted by molar-refractivity contribution is 0.204. The van der Waals surface area contributed by atoms with Crippen LogP contribution in [0.25, 0.3) is 11.2 Å². The van der Waals surface area contributed by atoms with E-state index in [1.807, 2.05) is 0 Å². The molecule has 4 rings (SSSR count).